The van der Waals surface area contributed by atoms with Crippen LogP contribution in [0.15, 0.2) is 0 Å². The summed E-state index contributed by atoms with van der Waals surface area (Å²) in [7, 11) is 5.38. The number of aliphatic carboxylic acids is 1. The third-order valence-corrected chi connectivity index (χ3v) is 6.73. The predicted octanol–water partition coefficient (Wildman–Crippen LogP) is -0.479. The van der Waals surface area contributed by atoms with Gasteiger partial charge < -0.3 is 44.4 Å². The molecule has 1 fully saturated rings. The van der Waals surface area contributed by atoms with E-state index >= 15 is 0 Å². The number of ether oxygens (including phenoxy) is 2. The summed E-state index contributed by atoms with van der Waals surface area (Å²) in [4.78, 5) is 106. The van der Waals surface area contributed by atoms with Gasteiger partial charge in [-0.2, -0.15) is 0 Å². The summed E-state index contributed by atoms with van der Waals surface area (Å²) < 4.78 is 10.5. The molecular formula is C30H50N6O11. The van der Waals surface area contributed by atoms with Gasteiger partial charge in [-0.1, -0.05) is 0 Å². The number of hydrogen-bond acceptors (Lipinski definition) is 10. The van der Waals surface area contributed by atoms with E-state index < -0.39 is 96.9 Å². The van der Waals surface area contributed by atoms with Crippen molar-refractivity contribution in [2.45, 2.75) is 84.1 Å². The highest BCUT2D eigenvalue weighted by Gasteiger charge is 2.39. The predicted molar refractivity (Wildman–Crippen MR) is 167 cm³/mol. The minimum Gasteiger partial charge on any atom is -0.480 e. The number of hydrogen-bond donors (Lipinski definition) is 2. The molecule has 1 rings (SSSR count). The second-order valence-electron chi connectivity index (χ2n) is 13.5. The second kappa shape index (κ2) is 16.9. The van der Waals surface area contributed by atoms with Crippen LogP contribution in [-0.4, -0.2) is 161 Å². The summed E-state index contributed by atoms with van der Waals surface area (Å²) in [6.07, 6.45) is -0.599. The van der Waals surface area contributed by atoms with Crippen LogP contribution >= 0.6 is 0 Å². The molecule has 6 amide bonds. The zero-order chi connectivity index (χ0) is 36.4. The molecule has 266 valence electrons. The van der Waals surface area contributed by atoms with E-state index in [2.05, 4.69) is 5.32 Å². The van der Waals surface area contributed by atoms with Crippen molar-refractivity contribution in [1.82, 2.24) is 29.8 Å². The molecule has 0 spiro atoms. The maximum absolute atomic E-state index is 13.3. The molecule has 0 aromatic rings. The van der Waals surface area contributed by atoms with E-state index in [-0.39, 0.29) is 19.5 Å². The Bertz CT molecular complexity index is 1210. The fourth-order valence-electron chi connectivity index (χ4n) is 4.33. The summed E-state index contributed by atoms with van der Waals surface area (Å²) >= 11 is 0. The van der Waals surface area contributed by atoms with Crippen molar-refractivity contribution in [3.8, 4) is 0 Å². The molecule has 1 saturated heterocycles. The second-order valence-corrected chi connectivity index (χ2v) is 13.5. The number of nitrogens with one attached hydrogen (secondary N) is 1. The van der Waals surface area contributed by atoms with Crippen LogP contribution < -0.4 is 5.32 Å². The largest absolute Gasteiger partial charge is 0.480 e. The highest BCUT2D eigenvalue weighted by molar-refractivity contribution is 5.95. The van der Waals surface area contributed by atoms with Crippen LogP contribution in [0.3, 0.4) is 0 Å². The van der Waals surface area contributed by atoms with E-state index in [0.29, 0.717) is 6.42 Å². The molecule has 0 saturated carbocycles. The maximum atomic E-state index is 13.3. The Kier molecular flexibility index (Phi) is 14.6. The van der Waals surface area contributed by atoms with E-state index in [1.807, 2.05) is 0 Å². The van der Waals surface area contributed by atoms with Crippen molar-refractivity contribution < 1.29 is 52.9 Å². The Morgan fingerprint density at radius 2 is 1.19 bits per heavy atom. The lowest BCUT2D eigenvalue weighted by Gasteiger charge is -2.29. The quantitative estimate of drug-likeness (QED) is 0.240. The average molecular weight is 671 g/mol. The Hall–Kier alpha value is -4.44. The van der Waals surface area contributed by atoms with Gasteiger partial charge in [-0.15, -0.1) is 0 Å². The molecule has 0 unspecified atom stereocenters. The lowest BCUT2D eigenvalue weighted by molar-refractivity contribution is -0.158. The fraction of sp³-hybridized carbons (Fsp3) is 0.733. The minimum absolute atomic E-state index is 0.135. The molecule has 17 nitrogen and oxygen atoms in total. The molecule has 1 aliphatic heterocycles. The fourth-order valence-corrected chi connectivity index (χ4v) is 4.33. The Morgan fingerprint density at radius 3 is 1.64 bits per heavy atom. The van der Waals surface area contributed by atoms with E-state index in [1.54, 1.807) is 41.5 Å². The average Bonchev–Trinajstić information content (AvgIpc) is 3.40. The molecule has 0 aromatic heterocycles. The van der Waals surface area contributed by atoms with Gasteiger partial charge in [0.05, 0.1) is 26.1 Å². The molecule has 0 aliphatic carbocycles. The number of carboxylic acid groups (broad SMARTS) is 1. The normalized spacial score (nSPS) is 15.2. The van der Waals surface area contributed by atoms with Crippen LogP contribution in [0.5, 0.6) is 0 Å². The SMILES string of the molecule is CN(CC(=O)N[C@@H](CC(=O)OC(C)(C)C)C(=O)N1CCC[C@H]1C(=O)O)C(=O)CN(C)C(=O)CN(C)C(=O)CN(C)C(=O)OC(C)(C)C. The molecule has 2 atom stereocenters. The minimum atomic E-state index is -1.44. The van der Waals surface area contributed by atoms with Gasteiger partial charge in [-0.3, -0.25) is 28.8 Å². The van der Waals surface area contributed by atoms with Gasteiger partial charge in [0.15, 0.2) is 0 Å². The number of carbonyl (C=O) groups is 8. The van der Waals surface area contributed by atoms with Gasteiger partial charge in [0.2, 0.25) is 29.5 Å². The molecular weight excluding hydrogens is 620 g/mol. The smallest absolute Gasteiger partial charge is 0.410 e. The number of amides is 6. The highest BCUT2D eigenvalue weighted by atomic mass is 16.6. The third kappa shape index (κ3) is 14.2. The van der Waals surface area contributed by atoms with Crippen LogP contribution in [0.1, 0.15) is 60.8 Å². The maximum Gasteiger partial charge on any atom is 0.410 e. The Balaban J connectivity index is 2.79. The standard InChI is InChI=1S/C30H50N6O11/c1-29(2,3)46-25(41)14-19(26(42)36-13-11-12-20(36)27(43)44)31-21(37)15-32(7)22(38)16-33(8)23(39)17-34(9)24(40)18-35(10)28(45)47-30(4,5)6/h19-20H,11-18H2,1-10H3,(H,31,37)(H,43,44)/t19-,20-/m0/s1. The molecule has 0 aromatic carbocycles. The van der Waals surface area contributed by atoms with Crippen LogP contribution in [-0.2, 0) is 43.0 Å². The number of carboxylic acids is 1. The Labute approximate surface area is 275 Å². The third-order valence-electron chi connectivity index (χ3n) is 6.73. The van der Waals surface area contributed by atoms with Crippen LogP contribution in [0.25, 0.3) is 0 Å². The first-order valence-electron chi connectivity index (χ1n) is 15.1. The molecule has 2 N–H and O–H groups in total. The zero-order valence-corrected chi connectivity index (χ0v) is 29.1. The van der Waals surface area contributed by atoms with Crippen molar-refractivity contribution in [2.75, 3.05) is 60.9 Å². The van der Waals surface area contributed by atoms with Crippen molar-refractivity contribution in [2.24, 2.45) is 0 Å². The number of likely N-dealkylation sites (tertiary alicyclic amines) is 1. The number of carbonyl (C=O) groups excluding carboxylic acids is 7. The summed E-state index contributed by atoms with van der Waals surface area (Å²) in [5, 5.41) is 11.9. The number of nitrogens with zero attached hydrogens (tertiary/aromatic N) is 5. The molecule has 0 radical (unpaired) electrons. The number of rotatable bonds is 13. The summed E-state index contributed by atoms with van der Waals surface area (Å²) in [5.41, 5.74) is -1.63. The molecule has 0 bridgehead atoms. The van der Waals surface area contributed by atoms with Crippen molar-refractivity contribution in [3.05, 3.63) is 0 Å². The zero-order valence-electron chi connectivity index (χ0n) is 29.1. The van der Waals surface area contributed by atoms with E-state index in [0.717, 1.165) is 24.5 Å². The van der Waals surface area contributed by atoms with Crippen molar-refractivity contribution in [3.63, 3.8) is 0 Å². The van der Waals surface area contributed by atoms with Gasteiger partial charge in [0.1, 0.15) is 29.8 Å². The van der Waals surface area contributed by atoms with Gasteiger partial charge in [0, 0.05) is 34.7 Å². The number of likely N-dealkylation sites (N-methyl/N-ethyl adjacent to an activating group) is 4. The van der Waals surface area contributed by atoms with Crippen LogP contribution in [0.4, 0.5) is 4.79 Å². The van der Waals surface area contributed by atoms with Gasteiger partial charge in [-0.25, -0.2) is 9.59 Å². The van der Waals surface area contributed by atoms with Crippen LogP contribution in [0.2, 0.25) is 0 Å². The lowest BCUT2D eigenvalue weighted by Crippen LogP contribution is -2.54. The molecule has 17 heteroatoms. The topological polar surface area (TPSA) is 203 Å². The first-order chi connectivity index (χ1) is 21.4. The summed E-state index contributed by atoms with van der Waals surface area (Å²) in [6.45, 7) is 8.35. The highest BCUT2D eigenvalue weighted by Crippen LogP contribution is 2.20. The van der Waals surface area contributed by atoms with Gasteiger partial charge in [-0.05, 0) is 54.4 Å². The van der Waals surface area contributed by atoms with Crippen molar-refractivity contribution >= 4 is 47.6 Å². The summed E-state index contributed by atoms with van der Waals surface area (Å²) in [6, 6.07) is -2.54. The first-order valence-corrected chi connectivity index (χ1v) is 15.1. The molecule has 47 heavy (non-hydrogen) atoms. The Morgan fingerprint density at radius 1 is 0.745 bits per heavy atom. The summed E-state index contributed by atoms with van der Waals surface area (Å²) in [5.74, 6) is -5.33. The van der Waals surface area contributed by atoms with E-state index in [4.69, 9.17) is 9.47 Å². The van der Waals surface area contributed by atoms with E-state index in [9.17, 15) is 43.5 Å². The van der Waals surface area contributed by atoms with E-state index in [1.165, 1.54) is 28.2 Å². The monoisotopic (exact) mass is 670 g/mol. The number of esters is 1. The van der Waals surface area contributed by atoms with Crippen molar-refractivity contribution in [1.29, 1.82) is 0 Å². The van der Waals surface area contributed by atoms with Gasteiger partial charge >= 0.3 is 18.0 Å². The molecule has 1 aliphatic rings. The lowest BCUT2D eigenvalue weighted by atomic mass is 10.1. The molecule has 1 heterocycles. The van der Waals surface area contributed by atoms with Crippen LogP contribution in [0, 0.1) is 0 Å². The first kappa shape index (κ1) is 40.6. The van der Waals surface area contributed by atoms with Gasteiger partial charge in [0.25, 0.3) is 0 Å².